The quantitative estimate of drug-likeness (QED) is 0.702. The van der Waals surface area contributed by atoms with Crippen LogP contribution >= 0.6 is 11.6 Å². The number of likely N-dealkylation sites (tertiary alicyclic amines) is 1. The molecule has 1 saturated heterocycles. The average Bonchev–Trinajstić information content (AvgIpc) is 3.22. The first-order chi connectivity index (χ1) is 15.1. The molecule has 170 valence electrons. The molecule has 2 aromatic rings. The monoisotopic (exact) mass is 468 g/mol. The van der Waals surface area contributed by atoms with Crippen LogP contribution in [0.2, 0.25) is 5.02 Å². The van der Waals surface area contributed by atoms with E-state index in [0.717, 1.165) is 17.3 Å². The number of aryl methyl sites for hydroxylation is 1. The van der Waals surface area contributed by atoms with E-state index >= 15 is 0 Å². The van der Waals surface area contributed by atoms with Crippen LogP contribution in [0.3, 0.4) is 0 Å². The number of rotatable bonds is 2. The Kier molecular flexibility index (Phi) is 5.74. The Balaban J connectivity index is 1.70. The number of alkyl halides is 3. The van der Waals surface area contributed by atoms with Crippen molar-refractivity contribution in [3.63, 3.8) is 0 Å². The third-order valence-electron chi connectivity index (χ3n) is 5.89. The van der Waals surface area contributed by atoms with E-state index in [1.165, 1.54) is 16.7 Å². The molecule has 1 fully saturated rings. The number of nitrogens with zero attached hydrogens (tertiary/aromatic N) is 4. The van der Waals surface area contributed by atoms with Gasteiger partial charge in [-0.3, -0.25) is 4.79 Å². The summed E-state index contributed by atoms with van der Waals surface area (Å²) in [7, 11) is 0. The normalized spacial score (nSPS) is 18.6. The van der Waals surface area contributed by atoms with Crippen molar-refractivity contribution in [2.45, 2.75) is 44.9 Å². The number of benzene rings is 1. The highest BCUT2D eigenvalue weighted by Gasteiger charge is 2.40. The SMILES string of the molecule is Cc1ncc(C(=O)N2CCc3cc(Cl)cc([C@@H]4CCCN4C(=O)O)c3C2)c(C(F)(F)F)n1. The van der Waals surface area contributed by atoms with Gasteiger partial charge in [0.2, 0.25) is 0 Å². The van der Waals surface area contributed by atoms with Gasteiger partial charge in [0.25, 0.3) is 5.91 Å². The standard InChI is InChI=1S/C21H20ClF3N4O3/c1-11-26-9-15(18(27-11)21(23,24)25)19(30)28-6-4-12-7-13(22)8-14(16(12)10-28)17-3-2-5-29(17)20(31)32/h7-9,17H,2-6,10H2,1H3,(H,31,32)/t17-/m0/s1. The highest BCUT2D eigenvalue weighted by molar-refractivity contribution is 6.30. The second-order valence-electron chi connectivity index (χ2n) is 7.92. The minimum Gasteiger partial charge on any atom is -0.465 e. The van der Waals surface area contributed by atoms with Crippen LogP contribution in [0.15, 0.2) is 18.3 Å². The molecule has 0 aliphatic carbocycles. The van der Waals surface area contributed by atoms with Crippen LogP contribution in [0.25, 0.3) is 0 Å². The van der Waals surface area contributed by atoms with Gasteiger partial charge in [-0.15, -0.1) is 0 Å². The maximum absolute atomic E-state index is 13.5. The van der Waals surface area contributed by atoms with Gasteiger partial charge in [-0.25, -0.2) is 14.8 Å². The molecule has 32 heavy (non-hydrogen) atoms. The molecular weight excluding hydrogens is 449 g/mol. The average molecular weight is 469 g/mol. The molecule has 2 amide bonds. The molecule has 0 saturated carbocycles. The molecule has 3 heterocycles. The minimum atomic E-state index is -4.79. The Hall–Kier alpha value is -2.88. The number of hydrogen-bond acceptors (Lipinski definition) is 4. The van der Waals surface area contributed by atoms with Crippen LogP contribution in [-0.4, -0.2) is 50.0 Å². The number of carbonyl (C=O) groups excluding carboxylic acids is 1. The molecule has 2 aliphatic heterocycles. The Morgan fingerprint density at radius 2 is 2.00 bits per heavy atom. The molecule has 1 aromatic carbocycles. The first kappa shape index (κ1) is 22.3. The largest absolute Gasteiger partial charge is 0.465 e. The predicted octanol–water partition coefficient (Wildman–Crippen LogP) is 4.47. The number of amides is 2. The summed E-state index contributed by atoms with van der Waals surface area (Å²) in [5.41, 5.74) is 0.430. The van der Waals surface area contributed by atoms with Gasteiger partial charge in [-0.05, 0) is 55.0 Å². The van der Waals surface area contributed by atoms with Crippen LogP contribution in [0, 0.1) is 6.92 Å². The first-order valence-corrected chi connectivity index (χ1v) is 10.4. The van der Waals surface area contributed by atoms with E-state index < -0.39 is 35.5 Å². The number of fused-ring (bicyclic) bond motifs is 1. The number of aromatic nitrogens is 2. The van der Waals surface area contributed by atoms with Crippen LogP contribution in [-0.2, 0) is 19.1 Å². The van der Waals surface area contributed by atoms with Crippen molar-refractivity contribution in [3.05, 3.63) is 57.1 Å². The molecule has 0 spiro atoms. The van der Waals surface area contributed by atoms with Gasteiger partial charge in [0, 0.05) is 30.9 Å². The summed E-state index contributed by atoms with van der Waals surface area (Å²) in [6.45, 7) is 1.96. The Morgan fingerprint density at radius 1 is 1.25 bits per heavy atom. The zero-order chi connectivity index (χ0) is 23.2. The van der Waals surface area contributed by atoms with Crippen LogP contribution in [0.4, 0.5) is 18.0 Å². The Bertz CT molecular complexity index is 1090. The van der Waals surface area contributed by atoms with Crippen molar-refractivity contribution >= 4 is 23.6 Å². The molecule has 11 heteroatoms. The first-order valence-electron chi connectivity index (χ1n) is 10.1. The van der Waals surface area contributed by atoms with E-state index in [1.54, 1.807) is 12.1 Å². The van der Waals surface area contributed by atoms with E-state index in [4.69, 9.17) is 11.6 Å². The molecule has 1 aromatic heterocycles. The number of hydrogen-bond donors (Lipinski definition) is 1. The molecule has 1 atom stereocenters. The van der Waals surface area contributed by atoms with Crippen LogP contribution in [0.5, 0.6) is 0 Å². The van der Waals surface area contributed by atoms with E-state index in [9.17, 15) is 27.9 Å². The smallest absolute Gasteiger partial charge is 0.434 e. The number of carbonyl (C=O) groups is 2. The van der Waals surface area contributed by atoms with Gasteiger partial charge in [-0.1, -0.05) is 11.6 Å². The Labute approximate surface area is 186 Å². The number of carboxylic acid groups (broad SMARTS) is 1. The van der Waals surface area contributed by atoms with Gasteiger partial charge in [0.15, 0.2) is 5.69 Å². The van der Waals surface area contributed by atoms with Crippen molar-refractivity contribution in [3.8, 4) is 0 Å². The summed E-state index contributed by atoms with van der Waals surface area (Å²) in [6.07, 6.45) is -3.24. The third kappa shape index (κ3) is 4.11. The van der Waals surface area contributed by atoms with Gasteiger partial charge in [0.05, 0.1) is 11.6 Å². The highest BCUT2D eigenvalue weighted by atomic mass is 35.5. The molecule has 7 nitrogen and oxygen atoms in total. The number of halogens is 4. The van der Waals surface area contributed by atoms with E-state index in [-0.39, 0.29) is 18.9 Å². The second-order valence-corrected chi connectivity index (χ2v) is 8.36. The lowest BCUT2D eigenvalue weighted by atomic mass is 9.90. The van der Waals surface area contributed by atoms with Crippen LogP contribution in [0.1, 0.15) is 57.5 Å². The van der Waals surface area contributed by atoms with Gasteiger partial charge in [-0.2, -0.15) is 13.2 Å². The molecule has 4 rings (SSSR count). The fourth-order valence-corrected chi connectivity index (χ4v) is 4.71. The van der Waals surface area contributed by atoms with Crippen LogP contribution < -0.4 is 0 Å². The summed E-state index contributed by atoms with van der Waals surface area (Å²) in [4.78, 5) is 34.6. The summed E-state index contributed by atoms with van der Waals surface area (Å²) in [5, 5.41) is 10.0. The second kappa shape index (κ2) is 8.23. The lowest BCUT2D eigenvalue weighted by Crippen LogP contribution is -2.38. The Morgan fingerprint density at radius 3 is 2.69 bits per heavy atom. The summed E-state index contributed by atoms with van der Waals surface area (Å²) in [5.74, 6) is -0.893. The van der Waals surface area contributed by atoms with Crippen molar-refractivity contribution in [1.29, 1.82) is 0 Å². The van der Waals surface area contributed by atoms with Crippen molar-refractivity contribution in [2.75, 3.05) is 13.1 Å². The molecule has 0 radical (unpaired) electrons. The summed E-state index contributed by atoms with van der Waals surface area (Å²) >= 11 is 6.28. The fourth-order valence-electron chi connectivity index (χ4n) is 4.46. The van der Waals surface area contributed by atoms with E-state index in [1.807, 2.05) is 0 Å². The molecule has 0 unspecified atom stereocenters. The summed E-state index contributed by atoms with van der Waals surface area (Å²) < 4.78 is 40.5. The third-order valence-corrected chi connectivity index (χ3v) is 6.11. The maximum atomic E-state index is 13.5. The topological polar surface area (TPSA) is 86.6 Å². The molecule has 1 N–H and O–H groups in total. The molecule has 2 aliphatic rings. The summed E-state index contributed by atoms with van der Waals surface area (Å²) in [6, 6.07) is 3.04. The zero-order valence-electron chi connectivity index (χ0n) is 17.1. The van der Waals surface area contributed by atoms with E-state index in [0.29, 0.717) is 36.4 Å². The lowest BCUT2D eigenvalue weighted by molar-refractivity contribution is -0.141. The van der Waals surface area contributed by atoms with Gasteiger partial charge < -0.3 is 14.9 Å². The highest BCUT2D eigenvalue weighted by Crippen LogP contribution is 2.39. The van der Waals surface area contributed by atoms with Gasteiger partial charge in [0.1, 0.15) is 5.82 Å². The zero-order valence-corrected chi connectivity index (χ0v) is 17.9. The van der Waals surface area contributed by atoms with Crippen molar-refractivity contribution in [1.82, 2.24) is 19.8 Å². The van der Waals surface area contributed by atoms with Crippen molar-refractivity contribution < 1.29 is 27.9 Å². The fraction of sp³-hybridized carbons (Fsp3) is 0.429. The van der Waals surface area contributed by atoms with Gasteiger partial charge >= 0.3 is 12.3 Å². The minimum absolute atomic E-state index is 0.0514. The predicted molar refractivity (Wildman–Crippen MR) is 108 cm³/mol. The van der Waals surface area contributed by atoms with Crippen molar-refractivity contribution in [2.24, 2.45) is 0 Å². The molecule has 0 bridgehead atoms. The lowest BCUT2D eigenvalue weighted by Gasteiger charge is -2.33. The van der Waals surface area contributed by atoms with E-state index in [2.05, 4.69) is 9.97 Å². The molecular formula is C21H20ClF3N4O3. The maximum Gasteiger partial charge on any atom is 0.434 e.